The van der Waals surface area contributed by atoms with Crippen molar-refractivity contribution in [3.05, 3.63) is 23.0 Å². The number of hydrogen-bond donors (Lipinski definition) is 0. The van der Waals surface area contributed by atoms with E-state index in [-0.39, 0.29) is 5.41 Å². The molecule has 1 saturated carbocycles. The number of aryl methyl sites for hydroxylation is 1. The molecule has 1 aromatic rings. The quantitative estimate of drug-likeness (QED) is 0.779. The van der Waals surface area contributed by atoms with Crippen LogP contribution in [0.1, 0.15) is 80.7 Å². The maximum absolute atomic E-state index is 12.4. The average Bonchev–Trinajstić information content (AvgIpc) is 3.10. The van der Waals surface area contributed by atoms with Crippen LogP contribution in [0.25, 0.3) is 0 Å². The first-order chi connectivity index (χ1) is 9.41. The van der Waals surface area contributed by atoms with Crippen molar-refractivity contribution in [2.24, 2.45) is 11.3 Å². The molecule has 0 amide bonds. The summed E-state index contributed by atoms with van der Waals surface area (Å²) in [5.74, 6) is 1.28. The molecular formula is C18H27NO. The Hall–Kier alpha value is -1.05. The van der Waals surface area contributed by atoms with Crippen LogP contribution in [0.5, 0.6) is 0 Å². The molecule has 0 aromatic carbocycles. The molecule has 2 nitrogen and oxygen atoms in total. The van der Waals surface area contributed by atoms with E-state index in [4.69, 9.17) is 0 Å². The molecule has 0 bridgehead atoms. The van der Waals surface area contributed by atoms with Gasteiger partial charge in [0.2, 0.25) is 0 Å². The van der Waals surface area contributed by atoms with Gasteiger partial charge in [-0.3, -0.25) is 4.79 Å². The van der Waals surface area contributed by atoms with Crippen LogP contribution in [-0.2, 0) is 6.42 Å². The van der Waals surface area contributed by atoms with E-state index in [1.807, 2.05) is 0 Å². The highest BCUT2D eigenvalue weighted by Gasteiger charge is 2.36. The molecule has 110 valence electrons. The topological polar surface area (TPSA) is 22.0 Å². The van der Waals surface area contributed by atoms with E-state index in [9.17, 15) is 4.79 Å². The van der Waals surface area contributed by atoms with Crippen molar-refractivity contribution in [3.8, 4) is 0 Å². The lowest BCUT2D eigenvalue weighted by molar-refractivity contribution is 0.0909. The number of ketones is 1. The van der Waals surface area contributed by atoms with Gasteiger partial charge in [0.1, 0.15) is 0 Å². The van der Waals surface area contributed by atoms with Gasteiger partial charge in [-0.25, -0.2) is 0 Å². The monoisotopic (exact) mass is 273 g/mol. The second-order valence-corrected chi connectivity index (χ2v) is 7.70. The van der Waals surface area contributed by atoms with Crippen molar-refractivity contribution in [1.29, 1.82) is 0 Å². The van der Waals surface area contributed by atoms with E-state index >= 15 is 0 Å². The van der Waals surface area contributed by atoms with Crippen LogP contribution in [0, 0.1) is 18.3 Å². The van der Waals surface area contributed by atoms with Gasteiger partial charge in [0.05, 0.1) is 0 Å². The smallest absolute Gasteiger partial charge is 0.165 e. The van der Waals surface area contributed by atoms with Crippen molar-refractivity contribution in [2.75, 3.05) is 0 Å². The van der Waals surface area contributed by atoms with Gasteiger partial charge in [0.25, 0.3) is 0 Å². The lowest BCUT2D eigenvalue weighted by Gasteiger charge is -2.32. The van der Waals surface area contributed by atoms with Crippen LogP contribution >= 0.6 is 0 Å². The van der Waals surface area contributed by atoms with E-state index in [0.717, 1.165) is 17.9 Å². The molecule has 0 aliphatic heterocycles. The highest BCUT2D eigenvalue weighted by molar-refractivity contribution is 5.99. The molecule has 0 saturated heterocycles. The molecule has 2 aliphatic carbocycles. The molecule has 2 aliphatic rings. The second-order valence-electron chi connectivity index (χ2n) is 7.70. The van der Waals surface area contributed by atoms with Crippen LogP contribution in [0.3, 0.4) is 0 Å². The summed E-state index contributed by atoms with van der Waals surface area (Å²) in [7, 11) is 0. The third-order valence-electron chi connectivity index (χ3n) is 5.06. The van der Waals surface area contributed by atoms with Crippen molar-refractivity contribution in [2.45, 2.75) is 72.3 Å². The molecule has 1 heterocycles. The highest BCUT2D eigenvalue weighted by Crippen LogP contribution is 2.42. The van der Waals surface area contributed by atoms with Gasteiger partial charge in [-0.2, -0.15) is 0 Å². The molecule has 20 heavy (non-hydrogen) atoms. The lowest BCUT2D eigenvalue weighted by atomic mass is 9.76. The lowest BCUT2D eigenvalue weighted by Crippen LogP contribution is -2.29. The fraction of sp³-hybridized carbons (Fsp3) is 0.722. The number of Topliss-reactive ketones (excluding diaryl/α,β-unsaturated/α-hetero) is 1. The van der Waals surface area contributed by atoms with Crippen LogP contribution in [0.4, 0.5) is 0 Å². The van der Waals surface area contributed by atoms with Gasteiger partial charge in [-0.1, -0.05) is 33.6 Å². The summed E-state index contributed by atoms with van der Waals surface area (Å²) in [6.07, 6.45) is 7.03. The molecular weight excluding hydrogens is 246 g/mol. The van der Waals surface area contributed by atoms with Crippen LogP contribution in [0.15, 0.2) is 6.07 Å². The van der Waals surface area contributed by atoms with Crippen LogP contribution in [0.2, 0.25) is 0 Å². The Morgan fingerprint density at radius 1 is 1.35 bits per heavy atom. The minimum Gasteiger partial charge on any atom is -0.345 e. The zero-order chi connectivity index (χ0) is 14.5. The summed E-state index contributed by atoms with van der Waals surface area (Å²) in [6.45, 7) is 8.91. The maximum atomic E-state index is 12.4. The largest absolute Gasteiger partial charge is 0.345 e. The molecule has 0 radical (unpaired) electrons. The van der Waals surface area contributed by atoms with E-state index < -0.39 is 0 Å². The minimum atomic E-state index is 0.116. The Labute approximate surface area is 122 Å². The molecule has 3 rings (SSSR count). The first-order valence-electron chi connectivity index (χ1n) is 8.15. The van der Waals surface area contributed by atoms with Crippen molar-refractivity contribution in [3.63, 3.8) is 0 Å². The van der Waals surface area contributed by atoms with Gasteiger partial charge in [0, 0.05) is 29.4 Å². The number of aromatic nitrogens is 1. The van der Waals surface area contributed by atoms with Crippen molar-refractivity contribution >= 4 is 5.78 Å². The molecule has 2 heteroatoms. The number of nitrogens with zero attached hydrogens (tertiary/aromatic N) is 1. The van der Waals surface area contributed by atoms with E-state index in [1.54, 1.807) is 0 Å². The third kappa shape index (κ3) is 2.45. The molecule has 1 unspecified atom stereocenters. The third-order valence-corrected chi connectivity index (χ3v) is 5.06. The second kappa shape index (κ2) is 4.75. The van der Waals surface area contributed by atoms with E-state index in [0.29, 0.717) is 18.2 Å². The molecule has 1 atom stereocenters. The fourth-order valence-electron chi connectivity index (χ4n) is 3.87. The van der Waals surface area contributed by atoms with E-state index in [2.05, 4.69) is 38.3 Å². The number of hydrogen-bond acceptors (Lipinski definition) is 1. The highest BCUT2D eigenvalue weighted by atomic mass is 16.1. The normalized spacial score (nSPS) is 22.7. The Bertz CT molecular complexity index is 534. The first-order valence-corrected chi connectivity index (χ1v) is 8.15. The zero-order valence-corrected chi connectivity index (χ0v) is 13.3. The maximum Gasteiger partial charge on any atom is 0.165 e. The van der Waals surface area contributed by atoms with Crippen molar-refractivity contribution in [1.82, 2.24) is 4.57 Å². The SMILES string of the molecule is CCC(CC1CC1)n1c(C)cc2c1CC(C)(C)CC2=O. The molecule has 1 fully saturated rings. The molecule has 0 spiro atoms. The summed E-state index contributed by atoms with van der Waals surface area (Å²) in [5.41, 5.74) is 3.73. The van der Waals surface area contributed by atoms with Gasteiger partial charge in [-0.15, -0.1) is 0 Å². The minimum absolute atomic E-state index is 0.116. The summed E-state index contributed by atoms with van der Waals surface area (Å²) < 4.78 is 2.51. The average molecular weight is 273 g/mol. The standard InChI is InChI=1S/C18H27NO/c1-5-14(9-13-6-7-13)19-12(2)8-15-16(19)10-18(3,4)11-17(15)20/h8,13-14H,5-7,9-11H2,1-4H3. The zero-order valence-electron chi connectivity index (χ0n) is 13.3. The number of carbonyl (C=O) groups excluding carboxylic acids is 1. The fourth-order valence-corrected chi connectivity index (χ4v) is 3.87. The van der Waals surface area contributed by atoms with Gasteiger partial charge < -0.3 is 4.57 Å². The molecule has 0 N–H and O–H groups in total. The van der Waals surface area contributed by atoms with Crippen LogP contribution in [-0.4, -0.2) is 10.4 Å². The van der Waals surface area contributed by atoms with Crippen molar-refractivity contribution < 1.29 is 4.79 Å². The Balaban J connectivity index is 2.00. The summed E-state index contributed by atoms with van der Waals surface area (Å²) >= 11 is 0. The van der Waals surface area contributed by atoms with Gasteiger partial charge >= 0.3 is 0 Å². The number of fused-ring (bicyclic) bond motifs is 1. The number of carbonyl (C=O) groups is 1. The molecule has 1 aromatic heterocycles. The van der Waals surface area contributed by atoms with Gasteiger partial charge in [0.15, 0.2) is 5.78 Å². The predicted molar refractivity (Wildman–Crippen MR) is 82.3 cm³/mol. The van der Waals surface area contributed by atoms with Crippen LogP contribution < -0.4 is 0 Å². The Morgan fingerprint density at radius 3 is 2.65 bits per heavy atom. The first kappa shape index (κ1) is 13.9. The van der Waals surface area contributed by atoms with Gasteiger partial charge in [-0.05, 0) is 43.6 Å². The predicted octanol–water partition coefficient (Wildman–Crippen LogP) is 4.70. The summed E-state index contributed by atoms with van der Waals surface area (Å²) in [6, 6.07) is 2.73. The summed E-state index contributed by atoms with van der Waals surface area (Å²) in [5, 5.41) is 0. The van der Waals surface area contributed by atoms with E-state index in [1.165, 1.54) is 37.1 Å². The Morgan fingerprint density at radius 2 is 2.05 bits per heavy atom. The summed E-state index contributed by atoms with van der Waals surface area (Å²) in [4.78, 5) is 12.4. The Kier molecular flexibility index (Phi) is 3.30. The number of rotatable bonds is 4.